The summed E-state index contributed by atoms with van der Waals surface area (Å²) in [6.07, 6.45) is 0.182. The lowest BCUT2D eigenvalue weighted by Gasteiger charge is -2.34. The lowest BCUT2D eigenvalue weighted by molar-refractivity contribution is -0.130. The molecule has 0 bridgehead atoms. The summed E-state index contributed by atoms with van der Waals surface area (Å²) < 4.78 is 0. The van der Waals surface area contributed by atoms with Crippen molar-refractivity contribution >= 4 is 34.9 Å². The fourth-order valence-corrected chi connectivity index (χ4v) is 4.81. The number of para-hydroxylation sites is 1. The van der Waals surface area contributed by atoms with Crippen LogP contribution in [0.25, 0.3) is 0 Å². The van der Waals surface area contributed by atoms with Gasteiger partial charge in [-0.05, 0) is 30.2 Å². The number of aryl methyl sites for hydroxylation is 1. The van der Waals surface area contributed by atoms with Crippen molar-refractivity contribution < 1.29 is 14.4 Å². The number of carbonyl (C=O) groups is 3. The predicted molar refractivity (Wildman–Crippen MR) is 157 cm³/mol. The Bertz CT molecular complexity index is 1420. The van der Waals surface area contributed by atoms with Gasteiger partial charge in [-0.1, -0.05) is 60.7 Å². The summed E-state index contributed by atoms with van der Waals surface area (Å²) in [6.45, 7) is 2.67. The number of nitrogens with two attached hydrogens (primary N) is 1. The summed E-state index contributed by atoms with van der Waals surface area (Å²) in [5.74, 6) is -0.213. The number of hydrogen-bond donors (Lipinski definition) is 1. The molecule has 0 spiro atoms. The summed E-state index contributed by atoms with van der Waals surface area (Å²) in [5, 5.41) is 3.34. The number of hydrazine groups is 1. The van der Waals surface area contributed by atoms with Crippen LogP contribution in [0.5, 0.6) is 0 Å². The molecule has 0 unspecified atom stereocenters. The molecule has 1 heterocycles. The van der Waals surface area contributed by atoms with Gasteiger partial charge in [0.25, 0.3) is 5.91 Å². The Kier molecular flexibility index (Phi) is 8.96. The molecular formula is C31H36N6O3. The van der Waals surface area contributed by atoms with E-state index in [1.54, 1.807) is 45.1 Å². The van der Waals surface area contributed by atoms with Crippen LogP contribution in [0, 0.1) is 6.92 Å². The predicted octanol–water partition coefficient (Wildman–Crippen LogP) is 3.89. The van der Waals surface area contributed by atoms with Gasteiger partial charge < -0.3 is 15.5 Å². The van der Waals surface area contributed by atoms with Crippen LogP contribution >= 0.6 is 0 Å². The molecule has 4 rings (SSSR count). The normalized spacial score (nSPS) is 12.5. The van der Waals surface area contributed by atoms with E-state index in [4.69, 9.17) is 5.73 Å². The Morgan fingerprint density at radius 1 is 0.875 bits per heavy atom. The van der Waals surface area contributed by atoms with Gasteiger partial charge in [-0.15, -0.1) is 0 Å². The highest BCUT2D eigenvalue weighted by molar-refractivity contribution is 6.02. The van der Waals surface area contributed by atoms with Crippen molar-refractivity contribution in [3.8, 4) is 0 Å². The lowest BCUT2D eigenvalue weighted by atomic mass is 9.97. The average Bonchev–Trinajstić information content (AvgIpc) is 2.93. The fraction of sp³-hybridized carbons (Fsp3) is 0.290. The lowest BCUT2D eigenvalue weighted by Crippen LogP contribution is -2.50. The van der Waals surface area contributed by atoms with Gasteiger partial charge in [0.1, 0.15) is 6.54 Å². The maximum Gasteiger partial charge on any atom is 0.261 e. The van der Waals surface area contributed by atoms with Gasteiger partial charge in [0.15, 0.2) is 11.7 Å². The molecule has 9 heteroatoms. The van der Waals surface area contributed by atoms with E-state index in [2.05, 4.69) is 4.99 Å². The summed E-state index contributed by atoms with van der Waals surface area (Å²) in [5.41, 5.74) is 10.8. The molecule has 2 N–H and O–H groups in total. The Labute approximate surface area is 235 Å². The van der Waals surface area contributed by atoms with Crippen LogP contribution in [-0.4, -0.2) is 66.1 Å². The molecule has 9 nitrogen and oxygen atoms in total. The van der Waals surface area contributed by atoms with E-state index in [1.165, 1.54) is 0 Å². The van der Waals surface area contributed by atoms with Crippen molar-refractivity contribution in [2.75, 3.05) is 32.7 Å². The van der Waals surface area contributed by atoms with E-state index in [0.29, 0.717) is 23.4 Å². The molecule has 1 aliphatic heterocycles. The second-order valence-corrected chi connectivity index (χ2v) is 10.1. The SMILES string of the molecule is Cc1ccccc1N(C(=O)CN1Cc2c(cccc2C(=O)CCC(=O)N(C)Cc2ccccc2)N=C1N)N(C)C. The molecule has 2 amide bonds. The van der Waals surface area contributed by atoms with Crippen molar-refractivity contribution in [1.82, 2.24) is 14.8 Å². The number of hydrogen-bond acceptors (Lipinski definition) is 7. The molecule has 0 radical (unpaired) electrons. The molecule has 0 saturated heterocycles. The molecule has 0 fully saturated rings. The number of ketones is 1. The van der Waals surface area contributed by atoms with Crippen LogP contribution in [0.15, 0.2) is 77.8 Å². The Hall–Kier alpha value is -4.50. The smallest absolute Gasteiger partial charge is 0.261 e. The molecule has 40 heavy (non-hydrogen) atoms. The monoisotopic (exact) mass is 540 g/mol. The van der Waals surface area contributed by atoms with Crippen LogP contribution < -0.4 is 10.7 Å². The molecule has 208 valence electrons. The van der Waals surface area contributed by atoms with Crippen molar-refractivity contribution in [2.45, 2.75) is 32.9 Å². The maximum absolute atomic E-state index is 13.5. The van der Waals surface area contributed by atoms with Crippen LogP contribution in [0.3, 0.4) is 0 Å². The minimum absolute atomic E-state index is 0.0213. The van der Waals surface area contributed by atoms with Gasteiger partial charge in [-0.25, -0.2) is 15.0 Å². The first kappa shape index (κ1) is 28.5. The number of nitrogens with zero attached hydrogens (tertiary/aromatic N) is 5. The standard InChI is InChI=1S/C31H36N6O3/c1-22-11-8-9-16-27(22)37(34(2)3)30(40)21-36-20-25-24(14-10-15-26(25)33-31(36)32)28(38)17-18-29(39)35(4)19-23-12-6-5-7-13-23/h5-16H,17-21H2,1-4H3,(H2,32,33). The first-order chi connectivity index (χ1) is 19.2. The van der Waals surface area contributed by atoms with Crippen molar-refractivity contribution in [2.24, 2.45) is 10.7 Å². The Morgan fingerprint density at radius 3 is 2.27 bits per heavy atom. The summed E-state index contributed by atoms with van der Waals surface area (Å²) >= 11 is 0. The minimum Gasteiger partial charge on any atom is -0.369 e. The van der Waals surface area contributed by atoms with Gasteiger partial charge in [0.2, 0.25) is 5.91 Å². The highest BCUT2D eigenvalue weighted by atomic mass is 16.2. The molecule has 0 saturated carbocycles. The van der Waals surface area contributed by atoms with Gasteiger partial charge in [0, 0.05) is 58.2 Å². The number of rotatable bonds is 10. The topological polar surface area (TPSA) is 103 Å². The van der Waals surface area contributed by atoms with E-state index in [0.717, 1.165) is 16.8 Å². The van der Waals surface area contributed by atoms with Crippen molar-refractivity contribution in [3.63, 3.8) is 0 Å². The third-order valence-corrected chi connectivity index (χ3v) is 6.92. The summed E-state index contributed by atoms with van der Waals surface area (Å²) in [4.78, 5) is 47.3. The highest BCUT2D eigenvalue weighted by Crippen LogP contribution is 2.30. The molecule has 0 atom stereocenters. The number of amides is 2. The zero-order valence-electron chi connectivity index (χ0n) is 23.5. The van der Waals surface area contributed by atoms with Gasteiger partial charge >= 0.3 is 0 Å². The van der Waals surface area contributed by atoms with Gasteiger partial charge in [-0.2, -0.15) is 0 Å². The minimum atomic E-state index is -0.184. The molecule has 3 aromatic rings. The van der Waals surface area contributed by atoms with Crippen LogP contribution in [0.2, 0.25) is 0 Å². The molecule has 0 aromatic heterocycles. The number of carbonyl (C=O) groups excluding carboxylic acids is 3. The van der Waals surface area contributed by atoms with E-state index < -0.39 is 0 Å². The number of guanidine groups is 1. The molecular weight excluding hydrogens is 504 g/mol. The van der Waals surface area contributed by atoms with E-state index in [-0.39, 0.29) is 49.5 Å². The van der Waals surface area contributed by atoms with E-state index in [9.17, 15) is 14.4 Å². The van der Waals surface area contributed by atoms with Crippen LogP contribution in [0.4, 0.5) is 11.4 Å². The zero-order chi connectivity index (χ0) is 28.8. The van der Waals surface area contributed by atoms with Crippen molar-refractivity contribution in [3.05, 3.63) is 95.1 Å². The molecule has 3 aromatic carbocycles. The molecule has 0 aliphatic carbocycles. The van der Waals surface area contributed by atoms with Crippen LogP contribution in [0.1, 0.15) is 39.9 Å². The summed E-state index contributed by atoms with van der Waals surface area (Å²) in [6, 6.07) is 22.7. The van der Waals surface area contributed by atoms with Gasteiger partial charge in [-0.3, -0.25) is 14.4 Å². The first-order valence-corrected chi connectivity index (χ1v) is 13.2. The largest absolute Gasteiger partial charge is 0.369 e. The number of Topliss-reactive ketones (excluding diaryl/α,β-unsaturated/α-hetero) is 1. The average molecular weight is 541 g/mol. The second-order valence-electron chi connectivity index (χ2n) is 10.1. The summed E-state index contributed by atoms with van der Waals surface area (Å²) in [7, 11) is 5.36. The van der Waals surface area contributed by atoms with Crippen LogP contribution in [-0.2, 0) is 22.7 Å². The Balaban J connectivity index is 1.45. The van der Waals surface area contributed by atoms with E-state index >= 15 is 0 Å². The second kappa shape index (κ2) is 12.6. The Morgan fingerprint density at radius 2 is 1.57 bits per heavy atom. The third-order valence-electron chi connectivity index (χ3n) is 6.92. The van der Waals surface area contributed by atoms with Gasteiger partial charge in [0.05, 0.1) is 11.4 Å². The third kappa shape index (κ3) is 6.55. The first-order valence-electron chi connectivity index (χ1n) is 13.2. The number of fused-ring (bicyclic) bond motifs is 1. The highest BCUT2D eigenvalue weighted by Gasteiger charge is 2.28. The number of benzene rings is 3. The fourth-order valence-electron chi connectivity index (χ4n) is 4.81. The quantitative estimate of drug-likeness (QED) is 0.309. The van der Waals surface area contributed by atoms with Crippen molar-refractivity contribution in [1.29, 1.82) is 0 Å². The number of aliphatic imine (C=N–C) groups is 1. The number of anilines is 1. The van der Waals surface area contributed by atoms with E-state index in [1.807, 2.05) is 75.6 Å². The maximum atomic E-state index is 13.5. The zero-order valence-corrected chi connectivity index (χ0v) is 23.5. The molecule has 1 aliphatic rings.